The largest absolute Gasteiger partial charge is 0.324 e. The van der Waals surface area contributed by atoms with E-state index in [2.05, 4.69) is 15.5 Å². The van der Waals surface area contributed by atoms with Gasteiger partial charge in [-0.15, -0.1) is 5.10 Å². The zero-order valence-electron chi connectivity index (χ0n) is 7.56. The van der Waals surface area contributed by atoms with E-state index in [-0.39, 0.29) is 17.3 Å². The lowest BCUT2D eigenvalue weighted by Gasteiger charge is -2.04. The molecule has 1 heterocycles. The highest BCUT2D eigenvalue weighted by atomic mass is 35.5. The molecule has 0 unspecified atom stereocenters. The summed E-state index contributed by atoms with van der Waals surface area (Å²) < 4.78 is 14.8. The van der Waals surface area contributed by atoms with Crippen molar-refractivity contribution in [3.05, 3.63) is 34.9 Å². The van der Waals surface area contributed by atoms with Crippen molar-refractivity contribution in [2.45, 2.75) is 6.54 Å². The molecule has 2 rings (SSSR count). The van der Waals surface area contributed by atoms with E-state index in [1.54, 1.807) is 6.07 Å². The third kappa shape index (κ3) is 1.69. The molecule has 0 saturated carbocycles. The van der Waals surface area contributed by atoms with Gasteiger partial charge in [-0.05, 0) is 22.6 Å². The summed E-state index contributed by atoms with van der Waals surface area (Å²) in [6.45, 7) is 0.124. The summed E-state index contributed by atoms with van der Waals surface area (Å²) in [5.74, 6) is -0.197. The lowest BCUT2D eigenvalue weighted by Crippen LogP contribution is -2.09. The Morgan fingerprint density at radius 1 is 1.47 bits per heavy atom. The Kier molecular flexibility index (Phi) is 2.61. The van der Waals surface area contributed by atoms with Gasteiger partial charge in [0.25, 0.3) is 0 Å². The molecule has 0 spiro atoms. The van der Waals surface area contributed by atoms with Gasteiger partial charge in [-0.2, -0.15) is 4.68 Å². The smallest absolute Gasteiger partial charge is 0.170 e. The Balaban J connectivity index is 2.59. The second kappa shape index (κ2) is 3.92. The molecule has 2 aromatic rings. The maximum atomic E-state index is 13.6. The van der Waals surface area contributed by atoms with Crippen LogP contribution in [-0.4, -0.2) is 20.2 Å². The highest BCUT2D eigenvalue weighted by Crippen LogP contribution is 2.20. The molecule has 0 bridgehead atoms. The van der Waals surface area contributed by atoms with Crippen LogP contribution in [0.15, 0.2) is 18.2 Å². The normalized spacial score (nSPS) is 10.6. The van der Waals surface area contributed by atoms with Crippen molar-refractivity contribution >= 4 is 11.6 Å². The molecule has 0 amide bonds. The molecule has 0 atom stereocenters. The van der Waals surface area contributed by atoms with Crippen LogP contribution in [0.2, 0.25) is 5.02 Å². The molecular formula is C8H7ClFN5. The molecule has 0 fully saturated rings. The lowest BCUT2D eigenvalue weighted by atomic mass is 10.3. The van der Waals surface area contributed by atoms with Crippen molar-refractivity contribution in [3.63, 3.8) is 0 Å². The van der Waals surface area contributed by atoms with Crippen LogP contribution in [0, 0.1) is 5.82 Å². The number of rotatable bonds is 2. The second-order valence-electron chi connectivity index (χ2n) is 2.78. The van der Waals surface area contributed by atoms with E-state index in [1.807, 2.05) is 0 Å². The minimum Gasteiger partial charge on any atom is -0.324 e. The van der Waals surface area contributed by atoms with Crippen molar-refractivity contribution in [2.75, 3.05) is 0 Å². The van der Waals surface area contributed by atoms with E-state index in [4.69, 9.17) is 17.3 Å². The van der Waals surface area contributed by atoms with Gasteiger partial charge in [-0.25, -0.2) is 4.39 Å². The molecular weight excluding hydrogens is 221 g/mol. The minimum atomic E-state index is -0.568. The maximum absolute atomic E-state index is 13.6. The predicted molar refractivity (Wildman–Crippen MR) is 52.0 cm³/mol. The zero-order valence-corrected chi connectivity index (χ0v) is 8.32. The fourth-order valence-electron chi connectivity index (χ4n) is 1.18. The fourth-order valence-corrected chi connectivity index (χ4v) is 1.35. The van der Waals surface area contributed by atoms with Gasteiger partial charge in [-0.3, -0.25) is 0 Å². The Morgan fingerprint density at radius 3 is 3.00 bits per heavy atom. The number of hydrogen-bond donors (Lipinski definition) is 1. The average Bonchev–Trinajstić information content (AvgIpc) is 2.70. The van der Waals surface area contributed by atoms with Gasteiger partial charge in [0, 0.05) is 0 Å². The van der Waals surface area contributed by atoms with Gasteiger partial charge in [-0.1, -0.05) is 17.7 Å². The highest BCUT2D eigenvalue weighted by Gasteiger charge is 2.12. The maximum Gasteiger partial charge on any atom is 0.170 e. The quantitative estimate of drug-likeness (QED) is 0.828. The first kappa shape index (κ1) is 10.0. The lowest BCUT2D eigenvalue weighted by molar-refractivity contribution is 0.602. The van der Waals surface area contributed by atoms with Crippen LogP contribution in [0.5, 0.6) is 0 Å². The van der Waals surface area contributed by atoms with E-state index in [0.717, 1.165) is 0 Å². The van der Waals surface area contributed by atoms with Crippen molar-refractivity contribution in [3.8, 4) is 5.69 Å². The zero-order chi connectivity index (χ0) is 10.8. The monoisotopic (exact) mass is 227 g/mol. The van der Waals surface area contributed by atoms with Crippen LogP contribution >= 0.6 is 11.6 Å². The fraction of sp³-hybridized carbons (Fsp3) is 0.125. The number of tetrazole rings is 1. The van der Waals surface area contributed by atoms with Crippen molar-refractivity contribution in [1.29, 1.82) is 0 Å². The van der Waals surface area contributed by atoms with Gasteiger partial charge in [0.1, 0.15) is 5.69 Å². The number of benzene rings is 1. The summed E-state index contributed by atoms with van der Waals surface area (Å²) in [5, 5.41) is 10.7. The van der Waals surface area contributed by atoms with Crippen molar-refractivity contribution in [1.82, 2.24) is 20.2 Å². The topological polar surface area (TPSA) is 69.6 Å². The number of nitrogens with two attached hydrogens (primary N) is 1. The first-order valence-corrected chi connectivity index (χ1v) is 4.53. The van der Waals surface area contributed by atoms with E-state index in [0.29, 0.717) is 5.82 Å². The molecule has 5 nitrogen and oxygen atoms in total. The summed E-state index contributed by atoms with van der Waals surface area (Å²) in [6, 6.07) is 4.59. The number of halogens is 2. The SMILES string of the molecule is NCc1nnnn1-c1cccc(Cl)c1F. The standard InChI is InChI=1S/C8H7ClFN5/c9-5-2-1-3-6(8(5)10)15-7(4-11)12-13-14-15/h1-3H,4,11H2. The van der Waals surface area contributed by atoms with Crippen LogP contribution in [0.1, 0.15) is 5.82 Å². The van der Waals surface area contributed by atoms with Gasteiger partial charge < -0.3 is 5.73 Å². The Hall–Kier alpha value is -1.53. The van der Waals surface area contributed by atoms with Gasteiger partial charge in [0.2, 0.25) is 0 Å². The van der Waals surface area contributed by atoms with Crippen molar-refractivity contribution < 1.29 is 4.39 Å². The van der Waals surface area contributed by atoms with Crippen LogP contribution in [-0.2, 0) is 6.54 Å². The van der Waals surface area contributed by atoms with E-state index in [9.17, 15) is 4.39 Å². The van der Waals surface area contributed by atoms with E-state index in [1.165, 1.54) is 16.8 Å². The molecule has 1 aromatic carbocycles. The summed E-state index contributed by atoms with van der Waals surface area (Å²) in [7, 11) is 0. The Morgan fingerprint density at radius 2 is 2.27 bits per heavy atom. The molecule has 7 heteroatoms. The van der Waals surface area contributed by atoms with Crippen LogP contribution in [0.3, 0.4) is 0 Å². The van der Waals surface area contributed by atoms with Crippen LogP contribution in [0.25, 0.3) is 5.69 Å². The van der Waals surface area contributed by atoms with E-state index < -0.39 is 5.82 Å². The molecule has 2 N–H and O–H groups in total. The molecule has 0 radical (unpaired) electrons. The summed E-state index contributed by atoms with van der Waals surface area (Å²) in [4.78, 5) is 0. The highest BCUT2D eigenvalue weighted by molar-refractivity contribution is 6.30. The third-order valence-corrected chi connectivity index (χ3v) is 2.17. The van der Waals surface area contributed by atoms with Gasteiger partial charge in [0.15, 0.2) is 11.6 Å². The van der Waals surface area contributed by atoms with Crippen LogP contribution < -0.4 is 5.73 Å². The molecule has 0 aliphatic heterocycles. The molecule has 15 heavy (non-hydrogen) atoms. The average molecular weight is 228 g/mol. The summed E-state index contributed by atoms with van der Waals surface area (Å²) in [5.41, 5.74) is 5.59. The number of nitrogens with zero attached hydrogens (tertiary/aromatic N) is 4. The second-order valence-corrected chi connectivity index (χ2v) is 3.19. The van der Waals surface area contributed by atoms with Crippen LogP contribution in [0.4, 0.5) is 4.39 Å². The molecule has 0 aliphatic rings. The number of hydrogen-bond acceptors (Lipinski definition) is 4. The summed E-state index contributed by atoms with van der Waals surface area (Å²) in [6.07, 6.45) is 0. The van der Waals surface area contributed by atoms with Gasteiger partial charge >= 0.3 is 0 Å². The molecule has 0 saturated heterocycles. The predicted octanol–water partition coefficient (Wildman–Crippen LogP) is 0.913. The first-order valence-electron chi connectivity index (χ1n) is 4.15. The summed E-state index contributed by atoms with van der Waals surface area (Å²) >= 11 is 5.64. The minimum absolute atomic E-state index is 0.0194. The van der Waals surface area contributed by atoms with E-state index >= 15 is 0 Å². The van der Waals surface area contributed by atoms with Gasteiger partial charge in [0.05, 0.1) is 11.6 Å². The third-order valence-electron chi connectivity index (χ3n) is 1.88. The van der Waals surface area contributed by atoms with Crippen molar-refractivity contribution in [2.24, 2.45) is 5.73 Å². The first-order chi connectivity index (χ1) is 7.24. The number of aromatic nitrogens is 4. The molecule has 78 valence electrons. The molecule has 0 aliphatic carbocycles. The Bertz CT molecular complexity index is 484. The molecule has 1 aromatic heterocycles. The Labute approximate surface area is 89.6 Å².